The summed E-state index contributed by atoms with van der Waals surface area (Å²) in [6, 6.07) is 2.44. The summed E-state index contributed by atoms with van der Waals surface area (Å²) >= 11 is 0. The van der Waals surface area contributed by atoms with Crippen LogP contribution < -0.4 is 16.0 Å². The van der Waals surface area contributed by atoms with Gasteiger partial charge in [0.2, 0.25) is 5.91 Å². The molecule has 1 aromatic heterocycles. The summed E-state index contributed by atoms with van der Waals surface area (Å²) in [5.41, 5.74) is 1.93. The quantitative estimate of drug-likeness (QED) is 0.685. The normalized spacial score (nSPS) is 14.1. The molecule has 0 saturated heterocycles. The van der Waals surface area contributed by atoms with Gasteiger partial charge in [-0.15, -0.1) is 0 Å². The Hall–Kier alpha value is -1.78. The molecule has 18 heavy (non-hydrogen) atoms. The van der Waals surface area contributed by atoms with Crippen molar-refractivity contribution < 1.29 is 4.79 Å². The number of nitrogens with one attached hydrogen (secondary N) is 3. The highest BCUT2D eigenvalue weighted by Gasteiger charge is 2.22. The second-order valence-corrected chi connectivity index (χ2v) is 4.51. The lowest BCUT2D eigenvalue weighted by Gasteiger charge is -2.08. The van der Waals surface area contributed by atoms with Crippen LogP contribution in [0.15, 0.2) is 18.5 Å². The Balaban J connectivity index is 1.71. The molecule has 1 amide bonds. The van der Waals surface area contributed by atoms with Gasteiger partial charge < -0.3 is 16.0 Å². The smallest absolute Gasteiger partial charge is 0.221 e. The van der Waals surface area contributed by atoms with Crippen LogP contribution in [0.2, 0.25) is 0 Å². The summed E-state index contributed by atoms with van der Waals surface area (Å²) in [4.78, 5) is 15.6. The standard InChI is InChI=1S/C13H20N4O/c1-2-15-11-7-12(9-14-8-11)16-6-5-13(18)17-10-3-4-10/h7-10,15-16H,2-6H2,1H3,(H,17,18). The second-order valence-electron chi connectivity index (χ2n) is 4.51. The molecule has 0 spiro atoms. The first-order valence-electron chi connectivity index (χ1n) is 6.50. The lowest BCUT2D eigenvalue weighted by molar-refractivity contribution is -0.120. The summed E-state index contributed by atoms with van der Waals surface area (Å²) in [5.74, 6) is 0.126. The molecular formula is C13H20N4O. The van der Waals surface area contributed by atoms with E-state index in [1.165, 1.54) is 0 Å². The van der Waals surface area contributed by atoms with E-state index in [9.17, 15) is 4.79 Å². The third-order valence-electron chi connectivity index (χ3n) is 2.74. The Morgan fingerprint density at radius 2 is 2.06 bits per heavy atom. The molecular weight excluding hydrogens is 228 g/mol. The molecule has 1 aliphatic rings. The van der Waals surface area contributed by atoms with Crippen LogP contribution >= 0.6 is 0 Å². The molecule has 0 atom stereocenters. The number of carbonyl (C=O) groups is 1. The summed E-state index contributed by atoms with van der Waals surface area (Å²) < 4.78 is 0. The van der Waals surface area contributed by atoms with Crippen LogP contribution in [0.3, 0.4) is 0 Å². The van der Waals surface area contributed by atoms with E-state index in [1.54, 1.807) is 12.4 Å². The maximum absolute atomic E-state index is 11.5. The minimum atomic E-state index is 0.126. The van der Waals surface area contributed by atoms with Crippen LogP contribution in [0, 0.1) is 0 Å². The number of hydrogen-bond acceptors (Lipinski definition) is 4. The van der Waals surface area contributed by atoms with E-state index in [0.29, 0.717) is 19.0 Å². The molecule has 5 heteroatoms. The first-order chi connectivity index (χ1) is 8.78. The van der Waals surface area contributed by atoms with E-state index >= 15 is 0 Å². The van der Waals surface area contributed by atoms with Crippen molar-refractivity contribution in [1.82, 2.24) is 10.3 Å². The highest BCUT2D eigenvalue weighted by Crippen LogP contribution is 2.18. The third kappa shape index (κ3) is 4.24. The maximum Gasteiger partial charge on any atom is 0.221 e. The molecule has 2 rings (SSSR count). The molecule has 1 aliphatic carbocycles. The van der Waals surface area contributed by atoms with Crippen molar-refractivity contribution in [2.24, 2.45) is 0 Å². The molecule has 1 heterocycles. The van der Waals surface area contributed by atoms with Crippen molar-refractivity contribution >= 4 is 17.3 Å². The number of aromatic nitrogens is 1. The number of carbonyl (C=O) groups excluding carboxylic acids is 1. The Bertz CT molecular complexity index is 404. The molecule has 1 fully saturated rings. The van der Waals surface area contributed by atoms with Crippen LogP contribution in [-0.4, -0.2) is 30.0 Å². The van der Waals surface area contributed by atoms with Crippen LogP contribution in [0.5, 0.6) is 0 Å². The van der Waals surface area contributed by atoms with E-state index in [4.69, 9.17) is 0 Å². The van der Waals surface area contributed by atoms with Gasteiger partial charge in [0.1, 0.15) is 0 Å². The van der Waals surface area contributed by atoms with E-state index < -0.39 is 0 Å². The number of rotatable bonds is 7. The van der Waals surface area contributed by atoms with Gasteiger partial charge in [-0.3, -0.25) is 9.78 Å². The predicted molar refractivity (Wildman–Crippen MR) is 72.7 cm³/mol. The van der Waals surface area contributed by atoms with Gasteiger partial charge in [0.05, 0.1) is 23.8 Å². The first kappa shape index (κ1) is 12.7. The lowest BCUT2D eigenvalue weighted by atomic mass is 10.3. The Labute approximate surface area is 107 Å². The van der Waals surface area contributed by atoms with Crippen molar-refractivity contribution in [3.05, 3.63) is 18.5 Å². The monoisotopic (exact) mass is 248 g/mol. The first-order valence-corrected chi connectivity index (χ1v) is 6.50. The number of nitrogens with zero attached hydrogens (tertiary/aromatic N) is 1. The molecule has 1 aromatic rings. The number of amides is 1. The van der Waals surface area contributed by atoms with Crippen LogP contribution in [0.4, 0.5) is 11.4 Å². The minimum Gasteiger partial charge on any atom is -0.384 e. The molecule has 0 aromatic carbocycles. The van der Waals surface area contributed by atoms with E-state index in [-0.39, 0.29) is 5.91 Å². The lowest BCUT2D eigenvalue weighted by Crippen LogP contribution is -2.27. The molecule has 0 bridgehead atoms. The zero-order chi connectivity index (χ0) is 12.8. The van der Waals surface area contributed by atoms with Gasteiger partial charge in [-0.1, -0.05) is 0 Å². The molecule has 0 aliphatic heterocycles. The van der Waals surface area contributed by atoms with Crippen LogP contribution in [0.25, 0.3) is 0 Å². The van der Waals surface area contributed by atoms with Crippen molar-refractivity contribution in [2.75, 3.05) is 23.7 Å². The van der Waals surface area contributed by atoms with Gasteiger partial charge in [0.25, 0.3) is 0 Å². The van der Waals surface area contributed by atoms with Crippen molar-refractivity contribution in [3.63, 3.8) is 0 Å². The second kappa shape index (κ2) is 6.23. The third-order valence-corrected chi connectivity index (χ3v) is 2.74. The average Bonchev–Trinajstić information content (AvgIpc) is 3.14. The molecule has 1 saturated carbocycles. The van der Waals surface area contributed by atoms with E-state index in [0.717, 1.165) is 30.8 Å². The maximum atomic E-state index is 11.5. The fraction of sp³-hybridized carbons (Fsp3) is 0.538. The molecule has 0 unspecified atom stereocenters. The van der Waals surface area contributed by atoms with Gasteiger partial charge in [-0.2, -0.15) is 0 Å². The molecule has 3 N–H and O–H groups in total. The van der Waals surface area contributed by atoms with Crippen molar-refractivity contribution in [2.45, 2.75) is 32.2 Å². The zero-order valence-corrected chi connectivity index (χ0v) is 10.7. The molecule has 0 radical (unpaired) electrons. The number of anilines is 2. The van der Waals surface area contributed by atoms with Gasteiger partial charge in [-0.25, -0.2) is 0 Å². The number of pyridine rings is 1. The molecule has 5 nitrogen and oxygen atoms in total. The fourth-order valence-electron chi connectivity index (χ4n) is 1.69. The van der Waals surface area contributed by atoms with Crippen molar-refractivity contribution in [1.29, 1.82) is 0 Å². The molecule has 98 valence electrons. The predicted octanol–water partition coefficient (Wildman–Crippen LogP) is 1.59. The van der Waals surface area contributed by atoms with E-state index in [2.05, 4.69) is 20.9 Å². The van der Waals surface area contributed by atoms with Crippen LogP contribution in [0.1, 0.15) is 26.2 Å². The van der Waals surface area contributed by atoms with Gasteiger partial charge >= 0.3 is 0 Å². The summed E-state index contributed by atoms with van der Waals surface area (Å²) in [7, 11) is 0. The number of hydrogen-bond donors (Lipinski definition) is 3. The highest BCUT2D eigenvalue weighted by molar-refractivity contribution is 5.77. The van der Waals surface area contributed by atoms with Gasteiger partial charge in [-0.05, 0) is 25.8 Å². The fourth-order valence-corrected chi connectivity index (χ4v) is 1.69. The summed E-state index contributed by atoms with van der Waals surface area (Å²) in [6.07, 6.45) is 6.32. The Kier molecular flexibility index (Phi) is 4.39. The zero-order valence-electron chi connectivity index (χ0n) is 10.7. The highest BCUT2D eigenvalue weighted by atomic mass is 16.1. The Morgan fingerprint density at radius 3 is 2.72 bits per heavy atom. The SMILES string of the molecule is CCNc1cncc(NCCC(=O)NC2CC2)c1. The topological polar surface area (TPSA) is 66.0 Å². The average molecular weight is 248 g/mol. The van der Waals surface area contributed by atoms with Crippen molar-refractivity contribution in [3.8, 4) is 0 Å². The summed E-state index contributed by atoms with van der Waals surface area (Å²) in [6.45, 7) is 3.55. The Morgan fingerprint density at radius 1 is 1.33 bits per heavy atom. The van der Waals surface area contributed by atoms with E-state index in [1.807, 2.05) is 13.0 Å². The minimum absolute atomic E-state index is 0.126. The van der Waals surface area contributed by atoms with Crippen LogP contribution in [-0.2, 0) is 4.79 Å². The van der Waals surface area contributed by atoms with Gasteiger partial charge in [0, 0.05) is 25.6 Å². The van der Waals surface area contributed by atoms with Gasteiger partial charge in [0.15, 0.2) is 0 Å². The largest absolute Gasteiger partial charge is 0.384 e. The summed E-state index contributed by atoms with van der Waals surface area (Å²) in [5, 5.41) is 9.37.